The minimum atomic E-state index is 0.333. The molecule has 0 radical (unpaired) electrons. The molecule has 4 aromatic rings. The summed E-state index contributed by atoms with van der Waals surface area (Å²) in [5.74, 6) is 1.36. The molecule has 1 aliphatic rings. The van der Waals surface area contributed by atoms with Gasteiger partial charge in [0.1, 0.15) is 5.82 Å². The van der Waals surface area contributed by atoms with Gasteiger partial charge < -0.3 is 4.74 Å². The number of pyridine rings is 1. The average molecular weight is 289 g/mol. The summed E-state index contributed by atoms with van der Waals surface area (Å²) < 4.78 is 7.77. The second kappa shape index (κ2) is 4.52. The topological polar surface area (TPSA) is 39.4 Å². The summed E-state index contributed by atoms with van der Waals surface area (Å²) in [5, 5.41) is 12.6. The summed E-state index contributed by atoms with van der Waals surface area (Å²) in [6.07, 6.45) is 1.02. The van der Waals surface area contributed by atoms with Crippen LogP contribution in [-0.2, 0) is 4.74 Å². The summed E-state index contributed by atoms with van der Waals surface area (Å²) in [6, 6.07) is 16.9. The molecule has 0 bridgehead atoms. The van der Waals surface area contributed by atoms with E-state index < -0.39 is 0 Å². The number of nitrogens with zero attached hydrogens (tertiary/aromatic N) is 3. The van der Waals surface area contributed by atoms with Crippen LogP contribution in [0.15, 0.2) is 48.5 Å². The Morgan fingerprint density at radius 3 is 2.50 bits per heavy atom. The lowest BCUT2D eigenvalue weighted by Gasteiger charge is -2.11. The zero-order valence-electron chi connectivity index (χ0n) is 12.1. The first-order valence-corrected chi connectivity index (χ1v) is 7.66. The van der Waals surface area contributed by atoms with Crippen LogP contribution in [0.4, 0.5) is 0 Å². The number of ether oxygens (including phenoxy) is 1. The number of fused-ring (bicyclic) bond motifs is 6. The zero-order valence-corrected chi connectivity index (χ0v) is 12.1. The molecule has 3 heterocycles. The van der Waals surface area contributed by atoms with E-state index in [0.717, 1.165) is 36.5 Å². The Kier molecular flexibility index (Phi) is 2.49. The molecule has 0 saturated carbocycles. The van der Waals surface area contributed by atoms with Crippen LogP contribution < -0.4 is 0 Å². The van der Waals surface area contributed by atoms with Crippen molar-refractivity contribution in [3.8, 4) is 0 Å². The Morgan fingerprint density at radius 2 is 1.68 bits per heavy atom. The van der Waals surface area contributed by atoms with Gasteiger partial charge in [-0.2, -0.15) is 0 Å². The van der Waals surface area contributed by atoms with E-state index in [0.29, 0.717) is 5.92 Å². The molecule has 4 heteroatoms. The van der Waals surface area contributed by atoms with Crippen LogP contribution >= 0.6 is 0 Å². The molecule has 1 unspecified atom stereocenters. The summed E-state index contributed by atoms with van der Waals surface area (Å²) in [4.78, 5) is 0. The second-order valence-corrected chi connectivity index (χ2v) is 5.84. The van der Waals surface area contributed by atoms with Crippen molar-refractivity contribution in [3.05, 3.63) is 54.4 Å². The van der Waals surface area contributed by atoms with E-state index in [1.165, 1.54) is 16.3 Å². The largest absolute Gasteiger partial charge is 0.381 e. The van der Waals surface area contributed by atoms with Crippen LogP contribution in [-0.4, -0.2) is 27.8 Å². The molecule has 1 aliphatic heterocycles. The first-order valence-electron chi connectivity index (χ1n) is 7.66. The van der Waals surface area contributed by atoms with E-state index in [4.69, 9.17) is 4.74 Å². The maximum absolute atomic E-state index is 5.55. The Morgan fingerprint density at radius 1 is 0.909 bits per heavy atom. The Bertz CT molecular complexity index is 999. The van der Waals surface area contributed by atoms with E-state index >= 15 is 0 Å². The predicted octanol–water partition coefficient (Wildman–Crippen LogP) is 3.54. The highest BCUT2D eigenvalue weighted by Gasteiger charge is 2.24. The van der Waals surface area contributed by atoms with E-state index in [1.54, 1.807) is 0 Å². The van der Waals surface area contributed by atoms with E-state index in [2.05, 4.69) is 63.1 Å². The molecule has 0 N–H and O–H groups in total. The minimum absolute atomic E-state index is 0.333. The smallest absolute Gasteiger partial charge is 0.169 e. The highest BCUT2D eigenvalue weighted by atomic mass is 16.5. The summed E-state index contributed by atoms with van der Waals surface area (Å²) in [7, 11) is 0. The fourth-order valence-corrected chi connectivity index (χ4v) is 3.52. The number of hydrogen-bond acceptors (Lipinski definition) is 3. The van der Waals surface area contributed by atoms with Crippen molar-refractivity contribution in [2.24, 2.45) is 0 Å². The lowest BCUT2D eigenvalue weighted by atomic mass is 10.0. The van der Waals surface area contributed by atoms with Gasteiger partial charge >= 0.3 is 0 Å². The quantitative estimate of drug-likeness (QED) is 0.503. The van der Waals surface area contributed by atoms with Gasteiger partial charge in [-0.25, -0.2) is 0 Å². The van der Waals surface area contributed by atoms with Crippen molar-refractivity contribution in [1.29, 1.82) is 0 Å². The molecule has 0 amide bonds. The molecular formula is C18H15N3O. The average Bonchev–Trinajstić information content (AvgIpc) is 3.24. The minimum Gasteiger partial charge on any atom is -0.381 e. The third-order valence-electron chi connectivity index (χ3n) is 4.59. The van der Waals surface area contributed by atoms with Crippen LogP contribution in [0.1, 0.15) is 18.2 Å². The predicted molar refractivity (Wildman–Crippen MR) is 86.2 cm³/mol. The van der Waals surface area contributed by atoms with Crippen molar-refractivity contribution in [2.75, 3.05) is 13.2 Å². The molecule has 1 fully saturated rings. The van der Waals surface area contributed by atoms with Gasteiger partial charge in [0, 0.05) is 23.3 Å². The van der Waals surface area contributed by atoms with Gasteiger partial charge in [0.05, 0.1) is 12.1 Å². The highest BCUT2D eigenvalue weighted by Crippen LogP contribution is 2.32. The third kappa shape index (κ3) is 1.56. The third-order valence-corrected chi connectivity index (χ3v) is 4.59. The molecule has 108 valence electrons. The zero-order chi connectivity index (χ0) is 14.5. The molecule has 4 nitrogen and oxygen atoms in total. The maximum atomic E-state index is 5.55. The fraction of sp³-hybridized carbons (Fsp3) is 0.222. The highest BCUT2D eigenvalue weighted by molar-refractivity contribution is 6.11. The van der Waals surface area contributed by atoms with Gasteiger partial charge in [0.2, 0.25) is 0 Å². The second-order valence-electron chi connectivity index (χ2n) is 5.84. The number of benzene rings is 2. The van der Waals surface area contributed by atoms with Crippen LogP contribution in [0.2, 0.25) is 0 Å². The maximum Gasteiger partial charge on any atom is 0.169 e. The molecule has 1 atom stereocenters. The Balaban J connectivity index is 2.00. The van der Waals surface area contributed by atoms with Gasteiger partial charge in [-0.05, 0) is 17.9 Å². The van der Waals surface area contributed by atoms with Crippen molar-refractivity contribution < 1.29 is 4.74 Å². The Labute approximate surface area is 127 Å². The molecule has 2 aromatic carbocycles. The van der Waals surface area contributed by atoms with Crippen molar-refractivity contribution in [1.82, 2.24) is 14.6 Å². The van der Waals surface area contributed by atoms with Crippen molar-refractivity contribution >= 4 is 27.3 Å². The number of rotatable bonds is 1. The van der Waals surface area contributed by atoms with Crippen LogP contribution in [0.3, 0.4) is 0 Å². The van der Waals surface area contributed by atoms with Crippen molar-refractivity contribution in [3.63, 3.8) is 0 Å². The molecule has 5 rings (SSSR count). The number of para-hydroxylation sites is 1. The van der Waals surface area contributed by atoms with Crippen molar-refractivity contribution in [2.45, 2.75) is 12.3 Å². The number of aromatic nitrogens is 3. The lowest BCUT2D eigenvalue weighted by Crippen LogP contribution is -2.05. The molecule has 0 aliphatic carbocycles. The van der Waals surface area contributed by atoms with Gasteiger partial charge in [0.25, 0.3) is 0 Å². The first kappa shape index (κ1) is 12.1. The SMILES string of the molecule is c1ccc2c(c1)c1ccccc1n1c(C3CCOC3)nnc21. The molecular weight excluding hydrogens is 274 g/mol. The summed E-state index contributed by atoms with van der Waals surface area (Å²) in [5.41, 5.74) is 2.11. The normalized spacial score (nSPS) is 18.6. The van der Waals surface area contributed by atoms with Gasteiger partial charge in [-0.1, -0.05) is 42.5 Å². The van der Waals surface area contributed by atoms with E-state index in [9.17, 15) is 0 Å². The Hall–Kier alpha value is -2.46. The van der Waals surface area contributed by atoms with E-state index in [1.807, 2.05) is 0 Å². The molecule has 2 aromatic heterocycles. The lowest BCUT2D eigenvalue weighted by molar-refractivity contribution is 0.193. The molecule has 0 spiro atoms. The fourth-order valence-electron chi connectivity index (χ4n) is 3.52. The monoisotopic (exact) mass is 289 g/mol. The van der Waals surface area contributed by atoms with E-state index in [-0.39, 0.29) is 0 Å². The van der Waals surface area contributed by atoms with Gasteiger partial charge in [-0.15, -0.1) is 10.2 Å². The summed E-state index contributed by atoms with van der Waals surface area (Å²) >= 11 is 0. The van der Waals surface area contributed by atoms with Crippen LogP contribution in [0.25, 0.3) is 27.3 Å². The summed E-state index contributed by atoms with van der Waals surface area (Å²) in [6.45, 7) is 1.55. The molecule has 1 saturated heterocycles. The molecule has 22 heavy (non-hydrogen) atoms. The number of hydrogen-bond donors (Lipinski definition) is 0. The van der Waals surface area contributed by atoms with Gasteiger partial charge in [-0.3, -0.25) is 4.40 Å². The van der Waals surface area contributed by atoms with Crippen LogP contribution in [0.5, 0.6) is 0 Å². The standard InChI is InChI=1S/C18H15N3O/c1-2-7-15-13(5-1)14-6-3-4-8-16(14)21-17(19-20-18(15)21)12-9-10-22-11-12/h1-8,12H,9-11H2. The van der Waals surface area contributed by atoms with Gasteiger partial charge in [0.15, 0.2) is 5.65 Å². The van der Waals surface area contributed by atoms with Crippen LogP contribution in [0, 0.1) is 0 Å². The first-order chi connectivity index (χ1) is 10.9.